The van der Waals surface area contributed by atoms with E-state index in [1.807, 2.05) is 6.07 Å². The second-order valence-corrected chi connectivity index (χ2v) is 8.32. The SMILES string of the molecule is O=C(CC1CCCC1)c1cccc(C2CC2NCC2CCOCC2)c1. The summed E-state index contributed by atoms with van der Waals surface area (Å²) in [6, 6.07) is 9.05. The maximum atomic E-state index is 12.6. The van der Waals surface area contributed by atoms with Crippen molar-refractivity contribution in [1.29, 1.82) is 0 Å². The van der Waals surface area contributed by atoms with Crippen molar-refractivity contribution < 1.29 is 9.53 Å². The van der Waals surface area contributed by atoms with Crippen LogP contribution in [-0.4, -0.2) is 31.6 Å². The quantitative estimate of drug-likeness (QED) is 0.751. The van der Waals surface area contributed by atoms with E-state index in [2.05, 4.69) is 23.5 Å². The van der Waals surface area contributed by atoms with Gasteiger partial charge in [0.2, 0.25) is 0 Å². The fourth-order valence-corrected chi connectivity index (χ4v) is 4.59. The van der Waals surface area contributed by atoms with Crippen molar-refractivity contribution in [3.05, 3.63) is 35.4 Å². The van der Waals surface area contributed by atoms with Crippen LogP contribution in [0.25, 0.3) is 0 Å². The number of ketones is 1. The molecule has 1 aliphatic heterocycles. The van der Waals surface area contributed by atoms with Gasteiger partial charge in [-0.2, -0.15) is 0 Å². The van der Waals surface area contributed by atoms with E-state index in [1.54, 1.807) is 0 Å². The zero-order valence-electron chi connectivity index (χ0n) is 15.2. The largest absolute Gasteiger partial charge is 0.381 e. The van der Waals surface area contributed by atoms with Crippen molar-refractivity contribution in [2.24, 2.45) is 11.8 Å². The normalized spacial score (nSPS) is 27.5. The third-order valence-electron chi connectivity index (χ3n) is 6.39. The van der Waals surface area contributed by atoms with E-state index in [0.717, 1.165) is 37.7 Å². The highest BCUT2D eigenvalue weighted by molar-refractivity contribution is 5.96. The number of hydrogen-bond donors (Lipinski definition) is 1. The Hall–Kier alpha value is -1.19. The van der Waals surface area contributed by atoms with Gasteiger partial charge in [0, 0.05) is 37.2 Å². The smallest absolute Gasteiger partial charge is 0.163 e. The molecule has 1 saturated heterocycles. The number of rotatable bonds is 7. The summed E-state index contributed by atoms with van der Waals surface area (Å²) >= 11 is 0. The molecule has 1 heterocycles. The molecule has 3 heteroatoms. The molecule has 2 saturated carbocycles. The van der Waals surface area contributed by atoms with Crippen molar-refractivity contribution in [1.82, 2.24) is 5.32 Å². The molecule has 2 unspecified atom stereocenters. The number of Topliss-reactive ketones (excluding diaryl/α,β-unsaturated/α-hetero) is 1. The molecule has 0 amide bonds. The minimum Gasteiger partial charge on any atom is -0.381 e. The monoisotopic (exact) mass is 341 g/mol. The molecule has 3 nitrogen and oxygen atoms in total. The molecule has 1 N–H and O–H groups in total. The van der Waals surface area contributed by atoms with Gasteiger partial charge < -0.3 is 10.1 Å². The van der Waals surface area contributed by atoms with E-state index in [-0.39, 0.29) is 0 Å². The van der Waals surface area contributed by atoms with Gasteiger partial charge in [0.15, 0.2) is 5.78 Å². The Bertz CT molecular complexity index is 587. The van der Waals surface area contributed by atoms with Gasteiger partial charge in [-0.05, 0) is 49.3 Å². The summed E-state index contributed by atoms with van der Waals surface area (Å²) in [6.07, 6.45) is 9.44. The van der Waals surface area contributed by atoms with Gasteiger partial charge in [0.25, 0.3) is 0 Å². The molecule has 0 aromatic heterocycles. The molecule has 0 spiro atoms. The first-order chi connectivity index (χ1) is 12.3. The summed E-state index contributed by atoms with van der Waals surface area (Å²) in [5.41, 5.74) is 2.28. The highest BCUT2D eigenvalue weighted by Gasteiger charge is 2.38. The van der Waals surface area contributed by atoms with E-state index >= 15 is 0 Å². The first-order valence-electron chi connectivity index (χ1n) is 10.2. The van der Waals surface area contributed by atoms with E-state index in [1.165, 1.54) is 50.5 Å². The lowest BCUT2D eigenvalue weighted by Gasteiger charge is -2.22. The Morgan fingerprint density at radius 3 is 2.68 bits per heavy atom. The number of hydrogen-bond acceptors (Lipinski definition) is 3. The highest BCUT2D eigenvalue weighted by atomic mass is 16.5. The predicted molar refractivity (Wildman–Crippen MR) is 100 cm³/mol. The summed E-state index contributed by atoms with van der Waals surface area (Å²) in [4.78, 5) is 12.6. The van der Waals surface area contributed by atoms with Gasteiger partial charge in [-0.1, -0.05) is 43.9 Å². The molecular formula is C22H31NO2. The first-order valence-corrected chi connectivity index (χ1v) is 10.2. The van der Waals surface area contributed by atoms with Crippen LogP contribution in [0.2, 0.25) is 0 Å². The van der Waals surface area contributed by atoms with Gasteiger partial charge in [0.05, 0.1) is 0 Å². The van der Waals surface area contributed by atoms with E-state index < -0.39 is 0 Å². The Balaban J connectivity index is 1.28. The van der Waals surface area contributed by atoms with Crippen LogP contribution in [0.15, 0.2) is 24.3 Å². The summed E-state index contributed by atoms with van der Waals surface area (Å²) in [7, 11) is 0. The van der Waals surface area contributed by atoms with Crippen molar-refractivity contribution in [2.45, 2.75) is 63.3 Å². The number of nitrogens with one attached hydrogen (secondary N) is 1. The average molecular weight is 341 g/mol. The Morgan fingerprint density at radius 1 is 1.08 bits per heavy atom. The molecule has 2 aliphatic carbocycles. The lowest BCUT2D eigenvalue weighted by atomic mass is 9.95. The standard InChI is InChI=1S/C22H31NO2/c24-22(12-16-4-1-2-5-16)19-7-3-6-18(13-19)20-14-21(20)23-15-17-8-10-25-11-9-17/h3,6-7,13,16-17,20-21,23H,1-2,4-5,8-12,14-15H2. The fourth-order valence-electron chi connectivity index (χ4n) is 4.59. The minimum absolute atomic E-state index is 0.348. The van der Waals surface area contributed by atoms with Crippen molar-refractivity contribution in [2.75, 3.05) is 19.8 Å². The van der Waals surface area contributed by atoms with Crippen LogP contribution >= 0.6 is 0 Å². The van der Waals surface area contributed by atoms with Crippen molar-refractivity contribution in [3.63, 3.8) is 0 Å². The molecule has 3 aliphatic rings. The van der Waals surface area contributed by atoms with Gasteiger partial charge in [-0.3, -0.25) is 4.79 Å². The molecular weight excluding hydrogens is 310 g/mol. The maximum absolute atomic E-state index is 12.6. The molecule has 0 bridgehead atoms. The Morgan fingerprint density at radius 2 is 1.88 bits per heavy atom. The minimum atomic E-state index is 0.348. The number of benzene rings is 1. The number of carbonyl (C=O) groups is 1. The lowest BCUT2D eigenvalue weighted by molar-refractivity contribution is 0.0662. The molecule has 3 fully saturated rings. The van der Waals surface area contributed by atoms with Crippen LogP contribution in [0, 0.1) is 11.8 Å². The Labute approximate surface area is 151 Å². The number of carbonyl (C=O) groups excluding carboxylic acids is 1. The summed E-state index contributed by atoms with van der Waals surface area (Å²) < 4.78 is 5.44. The molecule has 1 aromatic rings. The average Bonchev–Trinajstić information content (AvgIpc) is 3.26. The topological polar surface area (TPSA) is 38.3 Å². The summed E-state index contributed by atoms with van der Waals surface area (Å²) in [6.45, 7) is 2.96. The van der Waals surface area contributed by atoms with Gasteiger partial charge >= 0.3 is 0 Å². The summed E-state index contributed by atoms with van der Waals surface area (Å²) in [5.74, 6) is 2.35. The van der Waals surface area contributed by atoms with Gasteiger partial charge in [0.1, 0.15) is 0 Å². The van der Waals surface area contributed by atoms with Gasteiger partial charge in [-0.25, -0.2) is 0 Å². The van der Waals surface area contributed by atoms with Crippen LogP contribution in [-0.2, 0) is 4.74 Å². The second kappa shape index (κ2) is 8.01. The molecule has 2 atom stereocenters. The number of ether oxygens (including phenoxy) is 1. The van der Waals surface area contributed by atoms with E-state index in [4.69, 9.17) is 4.74 Å². The third kappa shape index (κ3) is 4.51. The van der Waals surface area contributed by atoms with Crippen LogP contribution in [0.3, 0.4) is 0 Å². The maximum Gasteiger partial charge on any atom is 0.163 e. The van der Waals surface area contributed by atoms with Crippen LogP contribution < -0.4 is 5.32 Å². The third-order valence-corrected chi connectivity index (χ3v) is 6.39. The fraction of sp³-hybridized carbons (Fsp3) is 0.682. The second-order valence-electron chi connectivity index (χ2n) is 8.32. The lowest BCUT2D eigenvalue weighted by Crippen LogP contribution is -2.29. The molecule has 25 heavy (non-hydrogen) atoms. The molecule has 4 rings (SSSR count). The van der Waals surface area contributed by atoms with Crippen LogP contribution in [0.4, 0.5) is 0 Å². The molecule has 0 radical (unpaired) electrons. The van der Waals surface area contributed by atoms with Crippen LogP contribution in [0.1, 0.15) is 73.2 Å². The van der Waals surface area contributed by atoms with Crippen molar-refractivity contribution in [3.8, 4) is 0 Å². The zero-order chi connectivity index (χ0) is 17.1. The van der Waals surface area contributed by atoms with Gasteiger partial charge in [-0.15, -0.1) is 0 Å². The predicted octanol–water partition coefficient (Wildman–Crippen LogP) is 4.32. The van der Waals surface area contributed by atoms with E-state index in [9.17, 15) is 4.79 Å². The highest BCUT2D eigenvalue weighted by Crippen LogP contribution is 2.41. The van der Waals surface area contributed by atoms with Crippen molar-refractivity contribution >= 4 is 5.78 Å². The zero-order valence-corrected chi connectivity index (χ0v) is 15.2. The summed E-state index contributed by atoms with van der Waals surface area (Å²) in [5, 5.41) is 3.74. The van der Waals surface area contributed by atoms with Crippen LogP contribution in [0.5, 0.6) is 0 Å². The first kappa shape index (κ1) is 17.2. The molecule has 1 aromatic carbocycles. The molecule has 136 valence electrons. The Kier molecular flexibility index (Phi) is 5.52. The van der Waals surface area contributed by atoms with E-state index in [0.29, 0.717) is 23.7 Å².